The molecule has 0 aliphatic rings. The van der Waals surface area contributed by atoms with Crippen molar-refractivity contribution in [2.45, 2.75) is 39.5 Å². The number of carboxylic acids is 1. The number of nitrogens with one attached hydrogen (secondary N) is 1. The number of aromatic carboxylic acids is 1. The van der Waals surface area contributed by atoms with E-state index in [1.54, 1.807) is 18.2 Å². The van der Waals surface area contributed by atoms with Gasteiger partial charge in [0.05, 0.1) is 5.56 Å². The molecule has 2 N–H and O–H groups in total. The maximum Gasteiger partial charge on any atom is 0.335 e. The number of carbonyl (C=O) groups is 2. The minimum absolute atomic E-state index is 0.0146. The molecule has 1 rings (SSSR count). The van der Waals surface area contributed by atoms with Crippen LogP contribution in [0, 0.1) is 0 Å². The summed E-state index contributed by atoms with van der Waals surface area (Å²) in [5.74, 6) is -1.20. The molecule has 104 valence electrons. The number of unbranched alkanes of at least 4 members (excludes halogenated alkanes) is 1. The summed E-state index contributed by atoms with van der Waals surface area (Å²) in [5, 5.41) is 12.0. The minimum atomic E-state index is -0.994. The van der Waals surface area contributed by atoms with E-state index in [1.807, 2.05) is 13.8 Å². The van der Waals surface area contributed by atoms with Gasteiger partial charge in [0.2, 0.25) is 0 Å². The van der Waals surface area contributed by atoms with Crippen LogP contribution in [0.1, 0.15) is 65.8 Å². The molecule has 0 atom stereocenters. The molecule has 4 heteroatoms. The Morgan fingerprint density at radius 2 is 1.89 bits per heavy atom. The summed E-state index contributed by atoms with van der Waals surface area (Å²) in [7, 11) is 0. The first-order valence-electron chi connectivity index (χ1n) is 6.63. The van der Waals surface area contributed by atoms with E-state index < -0.39 is 5.97 Å². The lowest BCUT2D eigenvalue weighted by Crippen LogP contribution is -2.26. The van der Waals surface area contributed by atoms with Gasteiger partial charge in [-0.2, -0.15) is 0 Å². The second kappa shape index (κ2) is 6.92. The van der Waals surface area contributed by atoms with Crippen molar-refractivity contribution in [3.05, 3.63) is 34.9 Å². The van der Waals surface area contributed by atoms with Crippen molar-refractivity contribution in [1.82, 2.24) is 5.32 Å². The van der Waals surface area contributed by atoms with Crippen molar-refractivity contribution in [3.63, 3.8) is 0 Å². The number of benzene rings is 1. The fourth-order valence-corrected chi connectivity index (χ4v) is 2.05. The predicted octanol–water partition coefficient (Wildman–Crippen LogP) is 3.04. The van der Waals surface area contributed by atoms with Crippen LogP contribution in [0.2, 0.25) is 0 Å². The fourth-order valence-electron chi connectivity index (χ4n) is 2.05. The molecule has 0 unspecified atom stereocenters. The summed E-state index contributed by atoms with van der Waals surface area (Å²) in [6.45, 7) is 6.45. The normalized spacial score (nSPS) is 10.5. The Kier molecular flexibility index (Phi) is 5.55. The van der Waals surface area contributed by atoms with Crippen LogP contribution in [0.25, 0.3) is 0 Å². The molecule has 0 saturated carbocycles. The first-order valence-corrected chi connectivity index (χ1v) is 6.63. The van der Waals surface area contributed by atoms with Crippen LogP contribution in [0.4, 0.5) is 0 Å². The van der Waals surface area contributed by atoms with Gasteiger partial charge in [0.25, 0.3) is 5.91 Å². The van der Waals surface area contributed by atoms with Crippen molar-refractivity contribution >= 4 is 11.9 Å². The molecule has 0 aromatic heterocycles. The van der Waals surface area contributed by atoms with E-state index in [9.17, 15) is 14.7 Å². The van der Waals surface area contributed by atoms with Crippen LogP contribution in [-0.4, -0.2) is 23.5 Å². The van der Waals surface area contributed by atoms with Crippen LogP contribution in [0.15, 0.2) is 18.2 Å². The van der Waals surface area contributed by atoms with Gasteiger partial charge in [0.1, 0.15) is 0 Å². The van der Waals surface area contributed by atoms with Gasteiger partial charge in [-0.3, -0.25) is 4.79 Å². The number of amides is 1. The molecule has 0 spiro atoms. The number of hydrogen-bond donors (Lipinski definition) is 2. The van der Waals surface area contributed by atoms with Crippen molar-refractivity contribution in [2.24, 2.45) is 0 Å². The highest BCUT2D eigenvalue weighted by atomic mass is 16.4. The van der Waals surface area contributed by atoms with Gasteiger partial charge in [0.15, 0.2) is 0 Å². The van der Waals surface area contributed by atoms with E-state index in [2.05, 4.69) is 12.2 Å². The van der Waals surface area contributed by atoms with Crippen LogP contribution in [0.5, 0.6) is 0 Å². The average Bonchev–Trinajstić information content (AvgIpc) is 2.37. The maximum absolute atomic E-state index is 12.1. The van der Waals surface area contributed by atoms with Crippen LogP contribution >= 0.6 is 0 Å². The van der Waals surface area contributed by atoms with Gasteiger partial charge in [-0.05, 0) is 30.0 Å². The molecule has 1 aromatic rings. The van der Waals surface area contributed by atoms with Gasteiger partial charge < -0.3 is 10.4 Å². The Morgan fingerprint density at radius 1 is 1.26 bits per heavy atom. The third kappa shape index (κ3) is 3.81. The summed E-state index contributed by atoms with van der Waals surface area (Å²) in [5.41, 5.74) is 1.27. The lowest BCUT2D eigenvalue weighted by atomic mass is 9.91. The molecular formula is C15H21NO3. The quantitative estimate of drug-likeness (QED) is 0.775. The van der Waals surface area contributed by atoms with Gasteiger partial charge in [-0.25, -0.2) is 4.79 Å². The third-order valence-corrected chi connectivity index (χ3v) is 2.97. The van der Waals surface area contributed by atoms with Crippen molar-refractivity contribution in [2.75, 3.05) is 6.54 Å². The van der Waals surface area contributed by atoms with Crippen molar-refractivity contribution < 1.29 is 14.7 Å². The van der Waals surface area contributed by atoms with E-state index in [4.69, 9.17) is 0 Å². The average molecular weight is 263 g/mol. The number of carbonyl (C=O) groups excluding carboxylic acids is 1. The van der Waals surface area contributed by atoms with E-state index in [0.717, 1.165) is 12.8 Å². The van der Waals surface area contributed by atoms with E-state index in [0.29, 0.717) is 17.7 Å². The zero-order valence-electron chi connectivity index (χ0n) is 11.7. The first-order chi connectivity index (χ1) is 8.99. The Labute approximate surface area is 113 Å². The predicted molar refractivity (Wildman–Crippen MR) is 74.7 cm³/mol. The monoisotopic (exact) mass is 263 g/mol. The molecule has 0 heterocycles. The number of carboxylic acid groups (broad SMARTS) is 1. The zero-order chi connectivity index (χ0) is 14.4. The lowest BCUT2D eigenvalue weighted by molar-refractivity contribution is 0.0695. The molecular weight excluding hydrogens is 242 g/mol. The smallest absolute Gasteiger partial charge is 0.335 e. The third-order valence-electron chi connectivity index (χ3n) is 2.97. The number of hydrogen-bond acceptors (Lipinski definition) is 2. The van der Waals surface area contributed by atoms with Gasteiger partial charge in [-0.15, -0.1) is 0 Å². The molecule has 1 aromatic carbocycles. The van der Waals surface area contributed by atoms with E-state index in [1.165, 1.54) is 0 Å². The Balaban J connectivity index is 3.09. The summed E-state index contributed by atoms with van der Waals surface area (Å²) < 4.78 is 0. The molecule has 19 heavy (non-hydrogen) atoms. The highest BCUT2D eigenvalue weighted by Crippen LogP contribution is 2.24. The standard InChI is InChI=1S/C15H21NO3/c1-4-5-9-16-14(17)11-7-6-8-12(15(18)19)13(11)10(2)3/h6-8,10H,4-5,9H2,1-3H3,(H,16,17)(H,18,19). The maximum atomic E-state index is 12.1. The minimum Gasteiger partial charge on any atom is -0.478 e. The van der Waals surface area contributed by atoms with Gasteiger partial charge in [0, 0.05) is 12.1 Å². The summed E-state index contributed by atoms with van der Waals surface area (Å²) in [6.07, 6.45) is 1.92. The van der Waals surface area contributed by atoms with Crippen LogP contribution in [0.3, 0.4) is 0 Å². The van der Waals surface area contributed by atoms with Gasteiger partial charge >= 0.3 is 5.97 Å². The molecule has 0 radical (unpaired) electrons. The molecule has 0 saturated heterocycles. The highest BCUT2D eigenvalue weighted by Gasteiger charge is 2.20. The Hall–Kier alpha value is -1.84. The van der Waals surface area contributed by atoms with Crippen molar-refractivity contribution in [1.29, 1.82) is 0 Å². The largest absolute Gasteiger partial charge is 0.478 e. The zero-order valence-corrected chi connectivity index (χ0v) is 11.7. The molecule has 0 aliphatic heterocycles. The SMILES string of the molecule is CCCCNC(=O)c1cccc(C(=O)O)c1C(C)C. The molecule has 0 fully saturated rings. The molecule has 1 amide bonds. The second-order valence-corrected chi connectivity index (χ2v) is 4.84. The van der Waals surface area contributed by atoms with Crippen LogP contribution in [-0.2, 0) is 0 Å². The second-order valence-electron chi connectivity index (χ2n) is 4.84. The van der Waals surface area contributed by atoms with Crippen LogP contribution < -0.4 is 5.32 Å². The summed E-state index contributed by atoms with van der Waals surface area (Å²) >= 11 is 0. The first kappa shape index (κ1) is 15.2. The summed E-state index contributed by atoms with van der Waals surface area (Å²) in [4.78, 5) is 23.3. The molecule has 0 aliphatic carbocycles. The molecule has 0 bridgehead atoms. The van der Waals surface area contributed by atoms with E-state index in [-0.39, 0.29) is 17.4 Å². The fraction of sp³-hybridized carbons (Fsp3) is 0.467. The topological polar surface area (TPSA) is 66.4 Å². The van der Waals surface area contributed by atoms with Gasteiger partial charge in [-0.1, -0.05) is 33.3 Å². The Morgan fingerprint density at radius 3 is 2.42 bits per heavy atom. The summed E-state index contributed by atoms with van der Waals surface area (Å²) in [6, 6.07) is 4.84. The molecule has 4 nitrogen and oxygen atoms in total. The lowest BCUT2D eigenvalue weighted by Gasteiger charge is -2.15. The van der Waals surface area contributed by atoms with E-state index >= 15 is 0 Å². The Bertz CT molecular complexity index is 466. The highest BCUT2D eigenvalue weighted by molar-refractivity contribution is 6.00. The number of rotatable bonds is 6. The van der Waals surface area contributed by atoms with Crippen molar-refractivity contribution in [3.8, 4) is 0 Å².